The maximum Gasteiger partial charge on any atom is 0.323 e. The first kappa shape index (κ1) is 13.9. The highest BCUT2D eigenvalue weighted by atomic mass is 35.5. The second-order valence-electron chi connectivity index (χ2n) is 4.93. The Hall–Kier alpha value is -2.04. The summed E-state index contributed by atoms with van der Waals surface area (Å²) in [6.45, 7) is 1.77. The number of hydrogen-bond acceptors (Lipinski definition) is 2. The molecule has 1 aliphatic heterocycles. The van der Waals surface area contributed by atoms with Crippen LogP contribution in [0.1, 0.15) is 11.1 Å². The first-order valence-electron chi connectivity index (χ1n) is 6.88. The van der Waals surface area contributed by atoms with Gasteiger partial charge in [-0.05, 0) is 42.3 Å². The zero-order valence-corrected chi connectivity index (χ0v) is 12.2. The molecule has 0 saturated heterocycles. The Morgan fingerprint density at radius 2 is 1.81 bits per heavy atom. The largest absolute Gasteiger partial charge is 0.323 e. The van der Waals surface area contributed by atoms with Crippen molar-refractivity contribution in [1.29, 1.82) is 0 Å². The van der Waals surface area contributed by atoms with Crippen molar-refractivity contribution >= 4 is 29.0 Å². The number of carbonyl (C=O) groups is 1. The number of amides is 2. The van der Waals surface area contributed by atoms with Crippen molar-refractivity contribution in [2.24, 2.45) is 0 Å². The van der Waals surface area contributed by atoms with Crippen LogP contribution in [0.4, 0.5) is 16.2 Å². The Labute approximate surface area is 128 Å². The quantitative estimate of drug-likeness (QED) is 0.793. The molecule has 3 rings (SSSR count). The van der Waals surface area contributed by atoms with Gasteiger partial charge in [-0.2, -0.15) is 0 Å². The van der Waals surface area contributed by atoms with Gasteiger partial charge in [0.05, 0.1) is 10.7 Å². The van der Waals surface area contributed by atoms with E-state index in [1.165, 1.54) is 11.1 Å². The van der Waals surface area contributed by atoms with Gasteiger partial charge < -0.3 is 16.0 Å². The molecule has 0 spiro atoms. The number of anilines is 2. The first-order valence-corrected chi connectivity index (χ1v) is 7.26. The van der Waals surface area contributed by atoms with Crippen molar-refractivity contribution in [3.8, 4) is 0 Å². The Morgan fingerprint density at radius 3 is 2.67 bits per heavy atom. The summed E-state index contributed by atoms with van der Waals surface area (Å²) in [4.78, 5) is 12.1. The van der Waals surface area contributed by atoms with Crippen LogP contribution in [0.15, 0.2) is 42.5 Å². The summed E-state index contributed by atoms with van der Waals surface area (Å²) < 4.78 is 0. The fourth-order valence-corrected chi connectivity index (χ4v) is 2.67. The third-order valence-electron chi connectivity index (χ3n) is 3.51. The lowest BCUT2D eigenvalue weighted by Crippen LogP contribution is -2.26. The lowest BCUT2D eigenvalue weighted by Gasteiger charge is -2.20. The number of hydrogen-bond donors (Lipinski definition) is 3. The Kier molecular flexibility index (Phi) is 4.08. The monoisotopic (exact) mass is 301 g/mol. The second-order valence-corrected chi connectivity index (χ2v) is 5.34. The van der Waals surface area contributed by atoms with E-state index in [2.05, 4.69) is 22.0 Å². The summed E-state index contributed by atoms with van der Waals surface area (Å²) in [6.07, 6.45) is 0.915. The van der Waals surface area contributed by atoms with E-state index < -0.39 is 0 Å². The SMILES string of the molecule is O=C(Nc1ccccc1Cl)Nc1cccc2c1CCNC2. The zero-order chi connectivity index (χ0) is 14.7. The molecule has 2 aromatic carbocycles. The number of halogens is 1. The molecule has 2 aromatic rings. The number of rotatable bonds is 2. The van der Waals surface area contributed by atoms with Crippen LogP contribution in [-0.4, -0.2) is 12.6 Å². The van der Waals surface area contributed by atoms with Gasteiger partial charge in [0, 0.05) is 12.2 Å². The lowest BCUT2D eigenvalue weighted by molar-refractivity contribution is 0.262. The third-order valence-corrected chi connectivity index (χ3v) is 3.84. The van der Waals surface area contributed by atoms with Gasteiger partial charge in [-0.25, -0.2) is 4.79 Å². The predicted octanol–water partition coefficient (Wildman–Crippen LogP) is 3.63. The summed E-state index contributed by atoms with van der Waals surface area (Å²) in [7, 11) is 0. The standard InChI is InChI=1S/C16H16ClN3O/c17-13-5-1-2-6-15(13)20-16(21)19-14-7-3-4-11-10-18-9-8-12(11)14/h1-7,18H,8-10H2,(H2,19,20,21). The average molecular weight is 302 g/mol. The summed E-state index contributed by atoms with van der Waals surface area (Å²) in [5.41, 5.74) is 3.89. The molecule has 0 bridgehead atoms. The maximum atomic E-state index is 12.1. The molecule has 0 unspecified atom stereocenters. The minimum atomic E-state index is -0.282. The summed E-state index contributed by atoms with van der Waals surface area (Å²) in [6, 6.07) is 12.9. The van der Waals surface area contributed by atoms with Crippen LogP contribution in [0.3, 0.4) is 0 Å². The number of para-hydroxylation sites is 1. The number of carbonyl (C=O) groups excluding carboxylic acids is 1. The molecule has 1 aliphatic rings. The van der Waals surface area contributed by atoms with Gasteiger partial charge in [0.1, 0.15) is 0 Å². The van der Waals surface area contributed by atoms with Crippen LogP contribution in [0.5, 0.6) is 0 Å². The predicted molar refractivity (Wildman–Crippen MR) is 85.9 cm³/mol. The fraction of sp³-hybridized carbons (Fsp3) is 0.188. The van der Waals surface area contributed by atoms with Crippen molar-refractivity contribution in [2.45, 2.75) is 13.0 Å². The van der Waals surface area contributed by atoms with Gasteiger partial charge in [-0.15, -0.1) is 0 Å². The minimum absolute atomic E-state index is 0.282. The number of urea groups is 1. The fourth-order valence-electron chi connectivity index (χ4n) is 2.49. The molecular formula is C16H16ClN3O. The Balaban J connectivity index is 1.75. The van der Waals surface area contributed by atoms with Gasteiger partial charge in [0.25, 0.3) is 0 Å². The van der Waals surface area contributed by atoms with Crippen molar-refractivity contribution in [1.82, 2.24) is 5.32 Å². The lowest BCUT2D eigenvalue weighted by atomic mass is 9.99. The maximum absolute atomic E-state index is 12.1. The molecule has 0 saturated carbocycles. The molecule has 5 heteroatoms. The van der Waals surface area contributed by atoms with E-state index in [4.69, 9.17) is 11.6 Å². The van der Waals surface area contributed by atoms with Crippen LogP contribution in [0.2, 0.25) is 5.02 Å². The van der Waals surface area contributed by atoms with Crippen LogP contribution in [0, 0.1) is 0 Å². The van der Waals surface area contributed by atoms with Crippen molar-refractivity contribution in [3.05, 3.63) is 58.6 Å². The third kappa shape index (κ3) is 3.17. The highest BCUT2D eigenvalue weighted by Crippen LogP contribution is 2.24. The van der Waals surface area contributed by atoms with Crippen molar-refractivity contribution in [2.75, 3.05) is 17.2 Å². The minimum Gasteiger partial charge on any atom is -0.312 e. The van der Waals surface area contributed by atoms with E-state index in [9.17, 15) is 4.79 Å². The van der Waals surface area contributed by atoms with Gasteiger partial charge >= 0.3 is 6.03 Å². The summed E-state index contributed by atoms with van der Waals surface area (Å²) >= 11 is 6.04. The van der Waals surface area contributed by atoms with E-state index in [1.54, 1.807) is 12.1 Å². The molecule has 0 aliphatic carbocycles. The number of benzene rings is 2. The number of nitrogens with one attached hydrogen (secondary N) is 3. The van der Waals surface area contributed by atoms with Crippen LogP contribution >= 0.6 is 11.6 Å². The molecule has 21 heavy (non-hydrogen) atoms. The van der Waals surface area contributed by atoms with Gasteiger partial charge in [-0.1, -0.05) is 35.9 Å². The summed E-state index contributed by atoms with van der Waals surface area (Å²) in [5, 5.41) is 9.52. The van der Waals surface area contributed by atoms with E-state index in [1.807, 2.05) is 24.3 Å². The highest BCUT2D eigenvalue weighted by Gasteiger charge is 2.14. The van der Waals surface area contributed by atoms with E-state index >= 15 is 0 Å². The van der Waals surface area contributed by atoms with Crippen molar-refractivity contribution in [3.63, 3.8) is 0 Å². The summed E-state index contributed by atoms with van der Waals surface area (Å²) in [5.74, 6) is 0. The van der Waals surface area contributed by atoms with E-state index in [-0.39, 0.29) is 6.03 Å². The molecule has 0 atom stereocenters. The molecular weight excluding hydrogens is 286 g/mol. The van der Waals surface area contributed by atoms with Crippen LogP contribution in [0.25, 0.3) is 0 Å². The molecule has 0 aromatic heterocycles. The Morgan fingerprint density at radius 1 is 1.05 bits per heavy atom. The average Bonchev–Trinajstić information content (AvgIpc) is 2.50. The molecule has 1 heterocycles. The van der Waals surface area contributed by atoms with E-state index in [0.29, 0.717) is 10.7 Å². The molecule has 2 amide bonds. The van der Waals surface area contributed by atoms with Gasteiger partial charge in [0.15, 0.2) is 0 Å². The zero-order valence-electron chi connectivity index (χ0n) is 11.4. The molecule has 4 nitrogen and oxygen atoms in total. The smallest absolute Gasteiger partial charge is 0.312 e. The van der Waals surface area contributed by atoms with Crippen molar-refractivity contribution < 1.29 is 4.79 Å². The Bertz CT molecular complexity index is 672. The second kappa shape index (κ2) is 6.16. The highest BCUT2D eigenvalue weighted by molar-refractivity contribution is 6.33. The van der Waals surface area contributed by atoms with Gasteiger partial charge in [-0.3, -0.25) is 0 Å². The molecule has 0 fully saturated rings. The van der Waals surface area contributed by atoms with Crippen LogP contribution in [-0.2, 0) is 13.0 Å². The first-order chi connectivity index (χ1) is 10.2. The molecule has 3 N–H and O–H groups in total. The van der Waals surface area contributed by atoms with Crippen LogP contribution < -0.4 is 16.0 Å². The molecule has 0 radical (unpaired) electrons. The van der Waals surface area contributed by atoms with E-state index in [0.717, 1.165) is 25.2 Å². The molecule has 108 valence electrons. The van der Waals surface area contributed by atoms with Gasteiger partial charge in [0.2, 0.25) is 0 Å². The normalized spacial score (nSPS) is 13.4. The topological polar surface area (TPSA) is 53.2 Å². The number of fused-ring (bicyclic) bond motifs is 1.